The zero-order valence-electron chi connectivity index (χ0n) is 6.65. The number of alkyl halides is 1. The van der Waals surface area contributed by atoms with E-state index in [-0.39, 0.29) is 0 Å². The maximum absolute atomic E-state index is 5.85. The Morgan fingerprint density at radius 2 is 1.92 bits per heavy atom. The molecule has 68 valence electrons. The van der Waals surface area contributed by atoms with Crippen LogP contribution in [0.4, 0.5) is 0 Å². The van der Waals surface area contributed by atoms with Crippen LogP contribution in [0.25, 0.3) is 0 Å². The minimum Gasteiger partial charge on any atom is -0.262 e. The molecule has 0 radical (unpaired) electrons. The Kier molecular flexibility index (Phi) is 4.58. The van der Waals surface area contributed by atoms with Crippen molar-refractivity contribution < 1.29 is 0 Å². The van der Waals surface area contributed by atoms with E-state index < -0.39 is 0 Å². The predicted octanol–water partition coefficient (Wildman–Crippen LogP) is 3.52. The molecule has 1 aromatic heterocycles. The van der Waals surface area contributed by atoms with E-state index >= 15 is 0 Å². The molecule has 0 atom stereocenters. The van der Waals surface area contributed by atoms with Gasteiger partial charge in [0, 0.05) is 24.1 Å². The second-order valence-corrected chi connectivity index (χ2v) is 3.83. The fourth-order valence-electron chi connectivity index (χ4n) is 0.729. The van der Waals surface area contributed by atoms with E-state index in [1.807, 2.05) is 0 Å². The van der Waals surface area contributed by atoms with Gasteiger partial charge in [-0.05, 0) is 0 Å². The topological polar surface area (TPSA) is 12.9 Å². The van der Waals surface area contributed by atoms with Gasteiger partial charge in [-0.3, -0.25) is 4.98 Å². The van der Waals surface area contributed by atoms with Gasteiger partial charge in [0.2, 0.25) is 0 Å². The van der Waals surface area contributed by atoms with Crippen LogP contribution in [-0.2, 0) is 0 Å². The molecular formula is C9H6BrCl2N. The molecule has 1 heterocycles. The average molecular weight is 279 g/mol. The molecule has 4 heteroatoms. The zero-order chi connectivity index (χ0) is 9.68. The third-order valence-electron chi connectivity index (χ3n) is 1.29. The molecule has 0 aliphatic carbocycles. The lowest BCUT2D eigenvalue weighted by molar-refractivity contribution is 1.30. The zero-order valence-corrected chi connectivity index (χ0v) is 9.75. The molecule has 0 aliphatic heterocycles. The van der Waals surface area contributed by atoms with Gasteiger partial charge >= 0.3 is 0 Å². The molecule has 1 rings (SSSR count). The first-order chi connectivity index (χ1) is 6.25. The quantitative estimate of drug-likeness (QED) is 0.566. The van der Waals surface area contributed by atoms with Crippen molar-refractivity contribution in [1.82, 2.24) is 4.98 Å². The van der Waals surface area contributed by atoms with Crippen molar-refractivity contribution >= 4 is 39.1 Å². The third-order valence-corrected chi connectivity index (χ3v) is 2.26. The van der Waals surface area contributed by atoms with E-state index in [9.17, 15) is 0 Å². The minimum absolute atomic E-state index is 0.495. The Labute approximate surface area is 95.6 Å². The molecule has 0 aliphatic rings. The monoisotopic (exact) mass is 277 g/mol. The van der Waals surface area contributed by atoms with Crippen molar-refractivity contribution in [3.63, 3.8) is 0 Å². The lowest BCUT2D eigenvalue weighted by Gasteiger charge is -1.96. The van der Waals surface area contributed by atoms with Gasteiger partial charge in [-0.25, -0.2) is 0 Å². The van der Waals surface area contributed by atoms with E-state index in [4.69, 9.17) is 23.2 Å². The van der Waals surface area contributed by atoms with E-state index in [1.54, 1.807) is 0 Å². The van der Waals surface area contributed by atoms with Gasteiger partial charge in [0.25, 0.3) is 0 Å². The van der Waals surface area contributed by atoms with Crippen molar-refractivity contribution in [2.75, 3.05) is 5.33 Å². The second kappa shape index (κ2) is 5.49. The molecular weight excluding hydrogens is 273 g/mol. The van der Waals surface area contributed by atoms with Crippen LogP contribution in [-0.4, -0.2) is 10.3 Å². The highest BCUT2D eigenvalue weighted by molar-refractivity contribution is 9.09. The SMILES string of the molecule is Clc1cncc(Cl)c1C#CCCBr. The number of aromatic nitrogens is 1. The van der Waals surface area contributed by atoms with Crippen LogP contribution in [0.2, 0.25) is 10.0 Å². The first-order valence-electron chi connectivity index (χ1n) is 3.59. The molecule has 0 bridgehead atoms. The van der Waals surface area contributed by atoms with E-state index in [1.165, 1.54) is 12.4 Å². The van der Waals surface area contributed by atoms with Gasteiger partial charge < -0.3 is 0 Å². The molecule has 1 aromatic rings. The maximum atomic E-state index is 5.85. The van der Waals surface area contributed by atoms with Crippen LogP contribution >= 0.6 is 39.1 Å². The second-order valence-electron chi connectivity index (χ2n) is 2.22. The van der Waals surface area contributed by atoms with Crippen LogP contribution in [0.15, 0.2) is 12.4 Å². The number of hydrogen-bond acceptors (Lipinski definition) is 1. The summed E-state index contributed by atoms with van der Waals surface area (Å²) in [5, 5.41) is 1.84. The number of hydrogen-bond donors (Lipinski definition) is 0. The summed E-state index contributed by atoms with van der Waals surface area (Å²) in [5.41, 5.74) is 0.652. The average Bonchev–Trinajstić information content (AvgIpc) is 2.10. The van der Waals surface area contributed by atoms with Crippen LogP contribution in [0, 0.1) is 11.8 Å². The maximum Gasteiger partial charge on any atom is 0.0760 e. The molecule has 13 heavy (non-hydrogen) atoms. The number of pyridine rings is 1. The summed E-state index contributed by atoms with van der Waals surface area (Å²) in [6.07, 6.45) is 3.84. The molecule has 0 amide bonds. The van der Waals surface area contributed by atoms with Gasteiger partial charge in [0.1, 0.15) is 0 Å². The molecule has 0 N–H and O–H groups in total. The van der Waals surface area contributed by atoms with Crippen molar-refractivity contribution in [1.29, 1.82) is 0 Å². The molecule has 0 saturated carbocycles. The summed E-state index contributed by atoms with van der Waals surface area (Å²) in [5.74, 6) is 5.84. The summed E-state index contributed by atoms with van der Waals surface area (Å²) in [6.45, 7) is 0. The molecule has 0 spiro atoms. The standard InChI is InChI=1S/C9H6BrCl2N/c10-4-2-1-3-7-8(11)5-13-6-9(7)12/h5-6H,2,4H2. The fourth-order valence-corrected chi connectivity index (χ4v) is 1.39. The van der Waals surface area contributed by atoms with Crippen molar-refractivity contribution in [3.8, 4) is 11.8 Å². The Hall–Kier alpha value is -0.230. The lowest BCUT2D eigenvalue weighted by atomic mass is 10.2. The summed E-state index contributed by atoms with van der Waals surface area (Å²) in [4.78, 5) is 3.83. The normalized spacial score (nSPS) is 9.15. The Morgan fingerprint density at radius 3 is 2.46 bits per heavy atom. The van der Waals surface area contributed by atoms with Crippen molar-refractivity contribution in [2.24, 2.45) is 0 Å². The Balaban J connectivity index is 2.95. The smallest absolute Gasteiger partial charge is 0.0760 e. The fraction of sp³-hybridized carbons (Fsp3) is 0.222. The highest BCUT2D eigenvalue weighted by atomic mass is 79.9. The molecule has 1 nitrogen and oxygen atoms in total. The van der Waals surface area contributed by atoms with Crippen molar-refractivity contribution in [3.05, 3.63) is 28.0 Å². The van der Waals surface area contributed by atoms with E-state index in [2.05, 4.69) is 32.8 Å². The molecule has 0 saturated heterocycles. The van der Waals surface area contributed by atoms with Gasteiger partial charge in [-0.15, -0.1) is 0 Å². The summed E-state index contributed by atoms with van der Waals surface area (Å²) in [7, 11) is 0. The van der Waals surface area contributed by atoms with Crippen LogP contribution in [0.1, 0.15) is 12.0 Å². The number of rotatable bonds is 1. The molecule has 0 unspecified atom stereocenters. The van der Waals surface area contributed by atoms with Gasteiger partial charge in [-0.2, -0.15) is 0 Å². The number of nitrogens with zero attached hydrogens (tertiary/aromatic N) is 1. The van der Waals surface area contributed by atoms with Gasteiger partial charge in [-0.1, -0.05) is 51.0 Å². The van der Waals surface area contributed by atoms with Gasteiger partial charge in [0.05, 0.1) is 15.6 Å². The van der Waals surface area contributed by atoms with Crippen LogP contribution in [0.3, 0.4) is 0 Å². The molecule has 0 fully saturated rings. The molecule has 0 aromatic carbocycles. The number of halogens is 3. The predicted molar refractivity (Wildman–Crippen MR) is 59.5 cm³/mol. The van der Waals surface area contributed by atoms with Gasteiger partial charge in [0.15, 0.2) is 0 Å². The first-order valence-corrected chi connectivity index (χ1v) is 5.47. The highest BCUT2D eigenvalue weighted by Crippen LogP contribution is 2.21. The summed E-state index contributed by atoms with van der Waals surface area (Å²) >= 11 is 15.0. The summed E-state index contributed by atoms with van der Waals surface area (Å²) < 4.78 is 0. The lowest BCUT2D eigenvalue weighted by Crippen LogP contribution is -1.82. The highest BCUT2D eigenvalue weighted by Gasteiger charge is 2.01. The van der Waals surface area contributed by atoms with E-state index in [0.717, 1.165) is 11.8 Å². The first kappa shape index (κ1) is 10.8. The van der Waals surface area contributed by atoms with Crippen LogP contribution in [0.5, 0.6) is 0 Å². The Morgan fingerprint density at radius 1 is 1.31 bits per heavy atom. The minimum atomic E-state index is 0.495. The van der Waals surface area contributed by atoms with Crippen molar-refractivity contribution in [2.45, 2.75) is 6.42 Å². The van der Waals surface area contributed by atoms with Crippen LogP contribution < -0.4 is 0 Å². The largest absolute Gasteiger partial charge is 0.262 e. The third kappa shape index (κ3) is 3.19. The Bertz CT molecular complexity index is 334. The van der Waals surface area contributed by atoms with E-state index in [0.29, 0.717) is 15.6 Å². The summed E-state index contributed by atoms with van der Waals surface area (Å²) in [6, 6.07) is 0.